The summed E-state index contributed by atoms with van der Waals surface area (Å²) in [4.78, 5) is 16.6. The summed E-state index contributed by atoms with van der Waals surface area (Å²) in [6.07, 6.45) is 0. The van der Waals surface area contributed by atoms with E-state index in [0.717, 1.165) is 11.4 Å². The molecule has 0 unspecified atom stereocenters. The highest BCUT2D eigenvalue weighted by molar-refractivity contribution is 7.14. The topological polar surface area (TPSA) is 63.2 Å². The summed E-state index contributed by atoms with van der Waals surface area (Å²) in [6, 6.07) is 12.4. The van der Waals surface area contributed by atoms with Crippen LogP contribution in [0, 0.1) is 0 Å². The van der Waals surface area contributed by atoms with E-state index < -0.39 is 0 Å². The van der Waals surface area contributed by atoms with Crippen LogP contribution >= 0.6 is 34.5 Å². The molecule has 1 amide bonds. The summed E-state index contributed by atoms with van der Waals surface area (Å²) in [5, 5.41) is 9.04. The molecule has 0 radical (unpaired) electrons. The van der Waals surface area contributed by atoms with Gasteiger partial charge in [0.15, 0.2) is 5.13 Å². The molecule has 0 aliphatic rings. The van der Waals surface area contributed by atoms with Gasteiger partial charge in [-0.2, -0.15) is 0 Å². The summed E-state index contributed by atoms with van der Waals surface area (Å²) < 4.78 is 5.41. The highest BCUT2D eigenvalue weighted by Gasteiger charge is 2.13. The molecule has 1 heterocycles. The molecule has 1 aromatic heterocycles. The van der Waals surface area contributed by atoms with Gasteiger partial charge in [-0.15, -0.1) is 11.3 Å². The maximum atomic E-state index is 12.3. The highest BCUT2D eigenvalue weighted by atomic mass is 35.5. The van der Waals surface area contributed by atoms with Crippen LogP contribution in [-0.2, 0) is 0 Å². The van der Waals surface area contributed by atoms with E-state index in [1.807, 2.05) is 31.2 Å². The molecule has 8 heteroatoms. The van der Waals surface area contributed by atoms with Crippen LogP contribution < -0.4 is 15.4 Å². The Morgan fingerprint density at radius 1 is 1.19 bits per heavy atom. The van der Waals surface area contributed by atoms with Gasteiger partial charge in [-0.1, -0.05) is 23.2 Å². The van der Waals surface area contributed by atoms with E-state index in [0.29, 0.717) is 33.2 Å². The number of anilines is 3. The second-order valence-electron chi connectivity index (χ2n) is 5.20. The molecule has 2 aromatic carbocycles. The van der Waals surface area contributed by atoms with Gasteiger partial charge in [0.05, 0.1) is 17.3 Å². The SMILES string of the molecule is CCOc1ccc(Nc2nc(C(=O)Nc3ccc(Cl)cc3Cl)cs2)cc1. The molecule has 0 spiro atoms. The quantitative estimate of drug-likeness (QED) is 0.538. The number of aromatic nitrogens is 1. The minimum absolute atomic E-state index is 0.300. The van der Waals surface area contributed by atoms with Gasteiger partial charge in [0.1, 0.15) is 11.4 Å². The normalized spacial score (nSPS) is 10.4. The Balaban J connectivity index is 1.66. The van der Waals surface area contributed by atoms with E-state index in [4.69, 9.17) is 27.9 Å². The average Bonchev–Trinajstić information content (AvgIpc) is 3.08. The Bertz CT molecular complexity index is 913. The van der Waals surface area contributed by atoms with Crippen LogP contribution in [0.3, 0.4) is 0 Å². The Kier molecular flexibility index (Phi) is 5.98. The lowest BCUT2D eigenvalue weighted by Gasteiger charge is -2.06. The van der Waals surface area contributed by atoms with Crippen LogP contribution in [0.1, 0.15) is 17.4 Å². The number of rotatable bonds is 6. The van der Waals surface area contributed by atoms with Crippen molar-refractivity contribution in [1.82, 2.24) is 4.98 Å². The van der Waals surface area contributed by atoms with Crippen molar-refractivity contribution in [2.45, 2.75) is 6.92 Å². The summed E-state index contributed by atoms with van der Waals surface area (Å²) >= 11 is 13.3. The van der Waals surface area contributed by atoms with Crippen LogP contribution in [0.15, 0.2) is 47.8 Å². The molecule has 0 saturated heterocycles. The van der Waals surface area contributed by atoms with E-state index >= 15 is 0 Å². The van der Waals surface area contributed by atoms with E-state index in [2.05, 4.69) is 15.6 Å². The monoisotopic (exact) mass is 407 g/mol. The minimum Gasteiger partial charge on any atom is -0.494 e. The molecular weight excluding hydrogens is 393 g/mol. The maximum Gasteiger partial charge on any atom is 0.275 e. The number of carbonyl (C=O) groups is 1. The summed E-state index contributed by atoms with van der Waals surface area (Å²) in [7, 11) is 0. The molecule has 0 saturated carbocycles. The predicted octanol–water partition coefficient (Wildman–Crippen LogP) is 5.84. The van der Waals surface area contributed by atoms with Gasteiger partial charge in [0.25, 0.3) is 5.91 Å². The second kappa shape index (κ2) is 8.40. The van der Waals surface area contributed by atoms with Gasteiger partial charge in [0, 0.05) is 16.1 Å². The number of thiazole rings is 1. The van der Waals surface area contributed by atoms with E-state index in [1.54, 1.807) is 23.6 Å². The minimum atomic E-state index is -0.342. The standard InChI is InChI=1S/C18H15Cl2N3O2S/c1-2-25-13-6-4-12(5-7-13)21-18-23-16(10-26-18)17(24)22-15-8-3-11(19)9-14(15)20/h3-10H,2H2,1H3,(H,21,23)(H,22,24). The number of hydrogen-bond acceptors (Lipinski definition) is 5. The third-order valence-electron chi connectivity index (χ3n) is 3.33. The summed E-state index contributed by atoms with van der Waals surface area (Å²) in [5.74, 6) is 0.460. The van der Waals surface area contributed by atoms with Crippen molar-refractivity contribution in [3.8, 4) is 5.75 Å². The zero-order chi connectivity index (χ0) is 18.5. The molecule has 0 aliphatic heterocycles. The molecule has 5 nitrogen and oxygen atoms in total. The van der Waals surface area contributed by atoms with Crippen molar-refractivity contribution < 1.29 is 9.53 Å². The van der Waals surface area contributed by atoms with Crippen LogP contribution in [0.5, 0.6) is 5.75 Å². The van der Waals surface area contributed by atoms with Crippen molar-refractivity contribution in [2.75, 3.05) is 17.2 Å². The van der Waals surface area contributed by atoms with Crippen molar-refractivity contribution in [3.63, 3.8) is 0 Å². The van der Waals surface area contributed by atoms with E-state index in [9.17, 15) is 4.79 Å². The second-order valence-corrected chi connectivity index (χ2v) is 6.90. The number of carbonyl (C=O) groups excluding carboxylic acids is 1. The molecular formula is C18H15Cl2N3O2S. The van der Waals surface area contributed by atoms with Crippen molar-refractivity contribution >= 4 is 57.0 Å². The summed E-state index contributed by atoms with van der Waals surface area (Å²) in [5.41, 5.74) is 1.64. The van der Waals surface area contributed by atoms with Crippen molar-refractivity contribution in [3.05, 3.63) is 63.6 Å². The van der Waals surface area contributed by atoms with Gasteiger partial charge in [-0.25, -0.2) is 4.98 Å². The Hall–Kier alpha value is -2.28. The predicted molar refractivity (Wildman–Crippen MR) is 107 cm³/mol. The molecule has 0 bridgehead atoms. The molecule has 3 aromatic rings. The third-order valence-corrected chi connectivity index (χ3v) is 4.64. The molecule has 0 atom stereocenters. The largest absolute Gasteiger partial charge is 0.494 e. The number of amides is 1. The fourth-order valence-corrected chi connectivity index (χ4v) is 3.30. The first-order valence-electron chi connectivity index (χ1n) is 7.77. The van der Waals surface area contributed by atoms with Crippen LogP contribution in [0.2, 0.25) is 10.0 Å². The van der Waals surface area contributed by atoms with Crippen molar-refractivity contribution in [2.24, 2.45) is 0 Å². The number of halogens is 2. The van der Waals surface area contributed by atoms with Gasteiger partial charge < -0.3 is 15.4 Å². The maximum absolute atomic E-state index is 12.3. The molecule has 26 heavy (non-hydrogen) atoms. The van der Waals surface area contributed by atoms with Gasteiger partial charge in [0.2, 0.25) is 0 Å². The smallest absolute Gasteiger partial charge is 0.275 e. The molecule has 134 valence electrons. The fourth-order valence-electron chi connectivity index (χ4n) is 2.14. The highest BCUT2D eigenvalue weighted by Crippen LogP contribution is 2.27. The zero-order valence-electron chi connectivity index (χ0n) is 13.8. The number of hydrogen-bond donors (Lipinski definition) is 2. The lowest BCUT2D eigenvalue weighted by atomic mass is 10.3. The zero-order valence-corrected chi connectivity index (χ0v) is 16.1. The number of ether oxygens (including phenoxy) is 1. The van der Waals surface area contributed by atoms with E-state index in [-0.39, 0.29) is 5.91 Å². The molecule has 0 aliphatic carbocycles. The molecule has 0 fully saturated rings. The third kappa shape index (κ3) is 4.66. The first-order chi connectivity index (χ1) is 12.5. The first kappa shape index (κ1) is 18.5. The number of nitrogens with one attached hydrogen (secondary N) is 2. The summed E-state index contributed by atoms with van der Waals surface area (Å²) in [6.45, 7) is 2.56. The van der Waals surface area contributed by atoms with Gasteiger partial charge >= 0.3 is 0 Å². The van der Waals surface area contributed by atoms with Gasteiger partial charge in [-0.05, 0) is 49.4 Å². The van der Waals surface area contributed by atoms with Crippen molar-refractivity contribution in [1.29, 1.82) is 0 Å². The lowest BCUT2D eigenvalue weighted by Crippen LogP contribution is -2.12. The average molecular weight is 408 g/mol. The number of benzene rings is 2. The lowest BCUT2D eigenvalue weighted by molar-refractivity contribution is 0.102. The van der Waals surface area contributed by atoms with Crippen LogP contribution in [-0.4, -0.2) is 17.5 Å². The molecule has 3 rings (SSSR count). The molecule has 2 N–H and O–H groups in total. The Morgan fingerprint density at radius 2 is 1.96 bits per heavy atom. The first-order valence-corrected chi connectivity index (χ1v) is 9.40. The van der Waals surface area contributed by atoms with E-state index in [1.165, 1.54) is 11.3 Å². The fraction of sp³-hybridized carbons (Fsp3) is 0.111. The van der Waals surface area contributed by atoms with Crippen LogP contribution in [0.4, 0.5) is 16.5 Å². The van der Waals surface area contributed by atoms with Gasteiger partial charge in [-0.3, -0.25) is 4.79 Å². The number of nitrogens with zero attached hydrogens (tertiary/aromatic N) is 1. The Morgan fingerprint density at radius 3 is 2.65 bits per heavy atom. The van der Waals surface area contributed by atoms with Crippen LogP contribution in [0.25, 0.3) is 0 Å². The Labute approximate surface area is 164 Å².